The van der Waals surface area contributed by atoms with Gasteiger partial charge in [-0.2, -0.15) is 0 Å². The average Bonchev–Trinajstić information content (AvgIpc) is 2.59. The van der Waals surface area contributed by atoms with Gasteiger partial charge in [-0.05, 0) is 84.8 Å². The number of rotatable bonds is 5. The van der Waals surface area contributed by atoms with E-state index in [-0.39, 0.29) is 0 Å². The van der Waals surface area contributed by atoms with Crippen LogP contribution in [0.5, 0.6) is 5.75 Å². The SMILES string of the molecule is COc1cccc(CC[C@H]2[C@@H](CO)CC[C@H]3C(C)(C)CCC[C@]23C)c1. The second-order valence-corrected chi connectivity index (χ2v) is 9.42. The summed E-state index contributed by atoms with van der Waals surface area (Å²) in [6.45, 7) is 7.85. The van der Waals surface area contributed by atoms with E-state index < -0.39 is 0 Å². The highest BCUT2D eigenvalue weighted by molar-refractivity contribution is 5.28. The molecule has 2 nitrogen and oxygen atoms in total. The summed E-state index contributed by atoms with van der Waals surface area (Å²) < 4.78 is 5.38. The van der Waals surface area contributed by atoms with Crippen LogP contribution in [-0.2, 0) is 6.42 Å². The van der Waals surface area contributed by atoms with Gasteiger partial charge in [0.15, 0.2) is 0 Å². The van der Waals surface area contributed by atoms with Gasteiger partial charge in [-0.1, -0.05) is 39.3 Å². The summed E-state index contributed by atoms with van der Waals surface area (Å²) in [7, 11) is 1.73. The molecule has 0 unspecified atom stereocenters. The van der Waals surface area contributed by atoms with Crippen molar-refractivity contribution in [2.75, 3.05) is 13.7 Å². The lowest BCUT2D eigenvalue weighted by Gasteiger charge is -2.59. The van der Waals surface area contributed by atoms with Crippen LogP contribution in [0.25, 0.3) is 0 Å². The van der Waals surface area contributed by atoms with Gasteiger partial charge >= 0.3 is 0 Å². The van der Waals surface area contributed by atoms with Gasteiger partial charge in [0.25, 0.3) is 0 Å². The van der Waals surface area contributed by atoms with Gasteiger partial charge in [-0.3, -0.25) is 0 Å². The molecule has 1 aromatic rings. The number of ether oxygens (including phenoxy) is 1. The minimum atomic E-state index is 0.353. The molecule has 0 aliphatic heterocycles. The van der Waals surface area contributed by atoms with E-state index in [9.17, 15) is 5.11 Å². The van der Waals surface area contributed by atoms with Crippen molar-refractivity contribution in [1.29, 1.82) is 0 Å². The minimum absolute atomic E-state index is 0.353. The zero-order valence-electron chi connectivity index (χ0n) is 16.6. The number of benzene rings is 1. The van der Waals surface area contributed by atoms with Crippen molar-refractivity contribution in [3.63, 3.8) is 0 Å². The lowest BCUT2D eigenvalue weighted by molar-refractivity contribution is -0.108. The number of aliphatic hydroxyl groups excluding tert-OH is 1. The van der Waals surface area contributed by atoms with Gasteiger partial charge in [-0.15, -0.1) is 0 Å². The molecule has 0 aromatic heterocycles. The van der Waals surface area contributed by atoms with E-state index in [4.69, 9.17) is 4.74 Å². The minimum Gasteiger partial charge on any atom is -0.497 e. The number of aliphatic hydroxyl groups is 1. The van der Waals surface area contributed by atoms with E-state index in [1.54, 1.807) is 7.11 Å². The lowest BCUT2D eigenvalue weighted by atomic mass is 9.46. The van der Waals surface area contributed by atoms with Gasteiger partial charge in [0, 0.05) is 6.61 Å². The first-order valence-corrected chi connectivity index (χ1v) is 10.1. The van der Waals surface area contributed by atoms with Crippen molar-refractivity contribution in [2.24, 2.45) is 28.6 Å². The van der Waals surface area contributed by atoms with Gasteiger partial charge in [0.05, 0.1) is 7.11 Å². The fourth-order valence-electron chi connectivity index (χ4n) is 6.38. The van der Waals surface area contributed by atoms with E-state index in [2.05, 4.69) is 39.0 Å². The Labute approximate surface area is 154 Å². The lowest BCUT2D eigenvalue weighted by Crippen LogP contribution is -2.52. The van der Waals surface area contributed by atoms with Crippen LogP contribution in [-0.4, -0.2) is 18.8 Å². The van der Waals surface area contributed by atoms with E-state index in [1.165, 1.54) is 44.1 Å². The number of fused-ring (bicyclic) bond motifs is 1. The molecule has 0 heterocycles. The highest BCUT2D eigenvalue weighted by atomic mass is 16.5. The third kappa shape index (κ3) is 3.60. The molecular formula is C23H36O2. The molecule has 0 radical (unpaired) electrons. The largest absolute Gasteiger partial charge is 0.497 e. The maximum absolute atomic E-state index is 10.1. The van der Waals surface area contributed by atoms with Crippen LogP contribution in [0.1, 0.15) is 64.9 Å². The first-order chi connectivity index (χ1) is 11.9. The molecular weight excluding hydrogens is 308 g/mol. The Morgan fingerprint density at radius 3 is 2.68 bits per heavy atom. The smallest absolute Gasteiger partial charge is 0.119 e. The molecule has 25 heavy (non-hydrogen) atoms. The Kier molecular flexibility index (Phi) is 5.48. The highest BCUT2D eigenvalue weighted by Crippen LogP contribution is 2.61. The Morgan fingerprint density at radius 2 is 1.96 bits per heavy atom. The topological polar surface area (TPSA) is 29.5 Å². The van der Waals surface area contributed by atoms with Gasteiger partial charge < -0.3 is 9.84 Å². The fraction of sp³-hybridized carbons (Fsp3) is 0.739. The number of aryl methyl sites for hydroxylation is 1. The van der Waals surface area contributed by atoms with Crippen LogP contribution in [0.4, 0.5) is 0 Å². The molecule has 1 aromatic carbocycles. The van der Waals surface area contributed by atoms with Crippen LogP contribution < -0.4 is 4.74 Å². The van der Waals surface area contributed by atoms with E-state index in [0.29, 0.717) is 29.3 Å². The zero-order valence-corrected chi connectivity index (χ0v) is 16.6. The first kappa shape index (κ1) is 18.8. The zero-order chi connectivity index (χ0) is 18.1. The summed E-state index contributed by atoms with van der Waals surface area (Å²) in [5.41, 5.74) is 2.19. The van der Waals surface area contributed by atoms with Gasteiger partial charge in [0.2, 0.25) is 0 Å². The maximum Gasteiger partial charge on any atom is 0.119 e. The van der Waals surface area contributed by atoms with Crippen LogP contribution in [0.2, 0.25) is 0 Å². The third-order valence-electron chi connectivity index (χ3n) is 7.63. The monoisotopic (exact) mass is 344 g/mol. The molecule has 4 atom stereocenters. The predicted molar refractivity (Wildman–Crippen MR) is 104 cm³/mol. The van der Waals surface area contributed by atoms with Crippen LogP contribution >= 0.6 is 0 Å². The second kappa shape index (κ2) is 7.31. The van der Waals surface area contributed by atoms with Crippen molar-refractivity contribution < 1.29 is 9.84 Å². The summed E-state index contributed by atoms with van der Waals surface area (Å²) in [5.74, 6) is 2.84. The fourth-order valence-corrected chi connectivity index (χ4v) is 6.38. The summed E-state index contributed by atoms with van der Waals surface area (Å²) in [4.78, 5) is 0. The Bertz CT molecular complexity index is 579. The molecule has 0 amide bonds. The van der Waals surface area contributed by atoms with Crippen LogP contribution in [0.15, 0.2) is 24.3 Å². The van der Waals surface area contributed by atoms with Crippen molar-refractivity contribution in [3.8, 4) is 5.75 Å². The molecule has 2 aliphatic carbocycles. The maximum atomic E-state index is 10.1. The molecule has 0 bridgehead atoms. The number of methoxy groups -OCH3 is 1. The molecule has 140 valence electrons. The Balaban J connectivity index is 1.80. The van der Waals surface area contributed by atoms with E-state index in [1.807, 2.05) is 6.07 Å². The number of hydrogen-bond acceptors (Lipinski definition) is 2. The van der Waals surface area contributed by atoms with Gasteiger partial charge in [0.1, 0.15) is 5.75 Å². The molecule has 0 saturated heterocycles. The van der Waals surface area contributed by atoms with Crippen molar-refractivity contribution in [3.05, 3.63) is 29.8 Å². The van der Waals surface area contributed by atoms with Crippen LogP contribution in [0, 0.1) is 28.6 Å². The standard InChI is InChI=1S/C23H36O2/c1-22(2)13-6-14-23(3)20(18(16-24)10-12-21(22)23)11-9-17-7-5-8-19(15-17)25-4/h5,7-8,15,18,20-21,24H,6,9-14,16H2,1-4H3/t18-,20+,21+,23-/m1/s1. The van der Waals surface area contributed by atoms with Crippen molar-refractivity contribution in [1.82, 2.24) is 0 Å². The summed E-state index contributed by atoms with van der Waals surface area (Å²) >= 11 is 0. The highest BCUT2D eigenvalue weighted by Gasteiger charge is 2.53. The number of hydrogen-bond donors (Lipinski definition) is 1. The Hall–Kier alpha value is -1.02. The van der Waals surface area contributed by atoms with Crippen molar-refractivity contribution in [2.45, 2.75) is 65.7 Å². The Morgan fingerprint density at radius 1 is 1.16 bits per heavy atom. The molecule has 0 spiro atoms. The van der Waals surface area contributed by atoms with Crippen LogP contribution in [0.3, 0.4) is 0 Å². The third-order valence-corrected chi connectivity index (χ3v) is 7.63. The predicted octanol–water partition coefficient (Wildman–Crippen LogP) is 5.48. The molecule has 3 rings (SSSR count). The molecule has 2 fully saturated rings. The van der Waals surface area contributed by atoms with E-state index in [0.717, 1.165) is 18.1 Å². The molecule has 2 aliphatic rings. The summed E-state index contributed by atoms with van der Waals surface area (Å²) in [6, 6.07) is 8.49. The second-order valence-electron chi connectivity index (χ2n) is 9.42. The summed E-state index contributed by atoms with van der Waals surface area (Å²) in [6.07, 6.45) is 8.80. The quantitative estimate of drug-likeness (QED) is 0.766. The molecule has 2 saturated carbocycles. The van der Waals surface area contributed by atoms with E-state index >= 15 is 0 Å². The normalized spacial score (nSPS) is 34.4. The summed E-state index contributed by atoms with van der Waals surface area (Å²) in [5, 5.41) is 10.1. The average molecular weight is 345 g/mol. The van der Waals surface area contributed by atoms with Gasteiger partial charge in [-0.25, -0.2) is 0 Å². The van der Waals surface area contributed by atoms with Crippen molar-refractivity contribution >= 4 is 0 Å². The molecule has 2 heteroatoms. The first-order valence-electron chi connectivity index (χ1n) is 10.1. The molecule has 1 N–H and O–H groups in total.